The molecule has 1 aliphatic heterocycles. The number of fused-ring (bicyclic) bond motifs is 3. The number of halogens is 3. The van der Waals surface area contributed by atoms with Crippen LogP contribution in [0.1, 0.15) is 47.4 Å². The quantitative estimate of drug-likeness (QED) is 0.780. The van der Waals surface area contributed by atoms with Crippen LogP contribution in [0, 0.1) is 0 Å². The van der Waals surface area contributed by atoms with Crippen molar-refractivity contribution in [1.82, 2.24) is 0 Å². The second-order valence-electron chi connectivity index (χ2n) is 5.48. The normalized spacial score (nSPS) is 16.1. The van der Waals surface area contributed by atoms with E-state index in [1.165, 1.54) is 6.07 Å². The van der Waals surface area contributed by atoms with Gasteiger partial charge in [-0.1, -0.05) is 13.3 Å². The van der Waals surface area contributed by atoms with Crippen molar-refractivity contribution >= 4 is 6.29 Å². The first-order valence-electron chi connectivity index (χ1n) is 7.36. The third-order valence-electron chi connectivity index (χ3n) is 3.88. The molecule has 2 aromatic rings. The summed E-state index contributed by atoms with van der Waals surface area (Å²) in [6, 6.07) is 3.01. The molecule has 0 amide bonds. The minimum Gasteiger partial charge on any atom is -0.485 e. The largest absolute Gasteiger partial charge is 0.485 e. The van der Waals surface area contributed by atoms with Crippen molar-refractivity contribution in [3.63, 3.8) is 0 Å². The number of rotatable bonds is 3. The molecule has 126 valence electrons. The van der Waals surface area contributed by atoms with Gasteiger partial charge in [-0.2, -0.15) is 13.2 Å². The Morgan fingerprint density at radius 3 is 2.67 bits per heavy atom. The predicted octanol–water partition coefficient (Wildman–Crippen LogP) is 4.37. The monoisotopic (exact) mass is 338 g/mol. The van der Waals surface area contributed by atoms with Gasteiger partial charge in [-0.05, 0) is 24.6 Å². The van der Waals surface area contributed by atoms with Crippen LogP contribution in [0.3, 0.4) is 0 Å². The highest BCUT2D eigenvalue weighted by Gasteiger charge is 2.35. The molecule has 0 N–H and O–H groups in total. The number of ether oxygens (including phenoxy) is 1. The van der Waals surface area contributed by atoms with Gasteiger partial charge in [0, 0.05) is 0 Å². The maximum absolute atomic E-state index is 12.9. The Kier molecular flexibility index (Phi) is 3.95. The molecule has 1 aromatic carbocycles. The Morgan fingerprint density at radius 1 is 1.29 bits per heavy atom. The maximum Gasteiger partial charge on any atom is 0.416 e. The SMILES string of the molecule is CCCC1Oc2cc(C(F)(F)F)ccc2-c2occ(C=O)c(=O)c21. The van der Waals surface area contributed by atoms with Crippen LogP contribution in [0.5, 0.6) is 5.75 Å². The molecule has 0 fully saturated rings. The number of hydrogen-bond donors (Lipinski definition) is 0. The number of benzene rings is 1. The van der Waals surface area contributed by atoms with Gasteiger partial charge in [0.15, 0.2) is 6.29 Å². The minimum atomic E-state index is -4.50. The van der Waals surface area contributed by atoms with Crippen LogP contribution >= 0.6 is 0 Å². The molecule has 0 aliphatic carbocycles. The Balaban J connectivity index is 2.23. The van der Waals surface area contributed by atoms with Crippen molar-refractivity contribution in [2.75, 3.05) is 0 Å². The third-order valence-corrected chi connectivity index (χ3v) is 3.88. The lowest BCUT2D eigenvalue weighted by molar-refractivity contribution is -0.137. The van der Waals surface area contributed by atoms with E-state index in [1.54, 1.807) is 0 Å². The zero-order valence-electron chi connectivity index (χ0n) is 12.6. The van der Waals surface area contributed by atoms with Crippen molar-refractivity contribution in [3.8, 4) is 17.1 Å². The van der Waals surface area contributed by atoms with Gasteiger partial charge >= 0.3 is 6.18 Å². The van der Waals surface area contributed by atoms with Crippen LogP contribution < -0.4 is 10.2 Å². The Bertz CT molecular complexity index is 852. The molecule has 3 rings (SSSR count). The zero-order chi connectivity index (χ0) is 17.5. The van der Waals surface area contributed by atoms with Crippen molar-refractivity contribution in [1.29, 1.82) is 0 Å². The van der Waals surface area contributed by atoms with E-state index in [4.69, 9.17) is 9.15 Å². The van der Waals surface area contributed by atoms with Gasteiger partial charge in [0.05, 0.1) is 22.3 Å². The molecule has 1 aromatic heterocycles. The minimum absolute atomic E-state index is 0.0118. The smallest absolute Gasteiger partial charge is 0.416 e. The first-order chi connectivity index (χ1) is 11.4. The van der Waals surface area contributed by atoms with Crippen LogP contribution in [0.4, 0.5) is 13.2 Å². The second kappa shape index (κ2) is 5.81. The Morgan fingerprint density at radius 2 is 2.04 bits per heavy atom. The molecule has 1 unspecified atom stereocenters. The highest BCUT2D eigenvalue weighted by atomic mass is 19.4. The fourth-order valence-corrected chi connectivity index (χ4v) is 2.74. The van der Waals surface area contributed by atoms with Gasteiger partial charge in [0.2, 0.25) is 5.43 Å². The molecule has 0 spiro atoms. The molecular formula is C17H13F3O4. The van der Waals surface area contributed by atoms with Crippen LogP contribution in [0.25, 0.3) is 11.3 Å². The average molecular weight is 338 g/mol. The predicted molar refractivity (Wildman–Crippen MR) is 79.1 cm³/mol. The molecule has 7 heteroatoms. The van der Waals surface area contributed by atoms with Crippen molar-refractivity contribution in [2.24, 2.45) is 0 Å². The first kappa shape index (κ1) is 16.3. The molecule has 24 heavy (non-hydrogen) atoms. The summed E-state index contributed by atoms with van der Waals surface area (Å²) in [5.41, 5.74) is -1.07. The molecule has 0 saturated heterocycles. The van der Waals surface area contributed by atoms with Crippen LogP contribution in [-0.4, -0.2) is 6.29 Å². The first-order valence-corrected chi connectivity index (χ1v) is 7.36. The Labute approximate surface area is 134 Å². The maximum atomic E-state index is 12.9. The average Bonchev–Trinajstić information content (AvgIpc) is 2.54. The summed E-state index contributed by atoms with van der Waals surface area (Å²) in [6.45, 7) is 1.86. The fourth-order valence-electron chi connectivity index (χ4n) is 2.74. The Hall–Kier alpha value is -2.57. The van der Waals surface area contributed by atoms with Crippen LogP contribution in [-0.2, 0) is 6.18 Å². The number of aldehydes is 1. The summed E-state index contributed by atoms with van der Waals surface area (Å²) in [5.74, 6) is 0.164. The lowest BCUT2D eigenvalue weighted by Gasteiger charge is -2.27. The van der Waals surface area contributed by atoms with Gasteiger partial charge in [-0.15, -0.1) is 0 Å². The van der Waals surface area contributed by atoms with Gasteiger partial charge in [-0.3, -0.25) is 9.59 Å². The standard InChI is InChI=1S/C17H13F3O4/c1-2-3-12-14-15(22)9(7-21)8-23-16(14)11-5-4-10(17(18,19)20)6-13(11)24-12/h4-8,12H,2-3H2,1H3. The molecular weight excluding hydrogens is 325 g/mol. The van der Waals surface area contributed by atoms with E-state index in [2.05, 4.69) is 0 Å². The highest BCUT2D eigenvalue weighted by molar-refractivity contribution is 5.78. The third kappa shape index (κ3) is 2.60. The van der Waals surface area contributed by atoms with E-state index in [0.717, 1.165) is 18.4 Å². The summed E-state index contributed by atoms with van der Waals surface area (Å²) in [6.07, 6.45) is -2.79. The molecule has 0 radical (unpaired) electrons. The summed E-state index contributed by atoms with van der Waals surface area (Å²) in [4.78, 5) is 23.4. The zero-order valence-corrected chi connectivity index (χ0v) is 12.6. The van der Waals surface area contributed by atoms with E-state index < -0.39 is 23.3 Å². The summed E-state index contributed by atoms with van der Waals surface area (Å²) in [5, 5.41) is 0. The van der Waals surface area contributed by atoms with Crippen molar-refractivity contribution < 1.29 is 27.1 Å². The summed E-state index contributed by atoms with van der Waals surface area (Å²) in [7, 11) is 0. The summed E-state index contributed by atoms with van der Waals surface area (Å²) >= 11 is 0. The number of carbonyl (C=O) groups excluding carboxylic acids is 1. The van der Waals surface area contributed by atoms with Gasteiger partial charge in [0.1, 0.15) is 23.9 Å². The van der Waals surface area contributed by atoms with Crippen LogP contribution in [0.15, 0.2) is 33.7 Å². The molecule has 0 saturated carbocycles. The van der Waals surface area contributed by atoms with E-state index in [-0.39, 0.29) is 28.2 Å². The van der Waals surface area contributed by atoms with E-state index in [0.29, 0.717) is 19.1 Å². The molecule has 1 atom stereocenters. The number of hydrogen-bond acceptors (Lipinski definition) is 4. The number of carbonyl (C=O) groups is 1. The molecule has 2 heterocycles. The molecule has 1 aliphatic rings. The van der Waals surface area contributed by atoms with Crippen LogP contribution in [0.2, 0.25) is 0 Å². The lowest BCUT2D eigenvalue weighted by Crippen LogP contribution is -2.25. The highest BCUT2D eigenvalue weighted by Crippen LogP contribution is 2.44. The fraction of sp³-hybridized carbons (Fsp3) is 0.294. The van der Waals surface area contributed by atoms with E-state index in [9.17, 15) is 22.8 Å². The van der Waals surface area contributed by atoms with Crippen molar-refractivity contribution in [3.05, 3.63) is 51.4 Å². The topological polar surface area (TPSA) is 56.5 Å². The van der Waals surface area contributed by atoms with Gasteiger partial charge in [-0.25, -0.2) is 0 Å². The molecule has 0 bridgehead atoms. The second-order valence-corrected chi connectivity index (χ2v) is 5.48. The van der Waals surface area contributed by atoms with E-state index in [1.807, 2.05) is 6.92 Å². The van der Waals surface area contributed by atoms with Gasteiger partial charge < -0.3 is 9.15 Å². The van der Waals surface area contributed by atoms with E-state index >= 15 is 0 Å². The number of alkyl halides is 3. The van der Waals surface area contributed by atoms with Crippen molar-refractivity contribution in [2.45, 2.75) is 32.0 Å². The summed E-state index contributed by atoms with van der Waals surface area (Å²) < 4.78 is 49.7. The van der Waals surface area contributed by atoms with Gasteiger partial charge in [0.25, 0.3) is 0 Å². The molecule has 4 nitrogen and oxygen atoms in total. The lowest BCUT2D eigenvalue weighted by atomic mass is 9.94.